The third kappa shape index (κ3) is 5.28. The van der Waals surface area contributed by atoms with Crippen molar-refractivity contribution >= 4 is 7.69 Å². The Bertz CT molecular complexity index is 854. The minimum atomic E-state index is 0.129. The molecule has 0 aliphatic heterocycles. The Labute approximate surface area is 200 Å². The van der Waals surface area contributed by atoms with Gasteiger partial charge >= 0.3 is 7.69 Å². The fourth-order valence-corrected chi connectivity index (χ4v) is 5.80. The SMILES string of the molecule is COc1ccc(O[B]Oc2ccc(OC)c(C3(C)CCCCC3)c2)cc1C1(C)CCCCC1. The van der Waals surface area contributed by atoms with Crippen LogP contribution in [0.2, 0.25) is 0 Å². The molecule has 177 valence electrons. The minimum Gasteiger partial charge on any atom is -0.526 e. The number of benzene rings is 2. The lowest BCUT2D eigenvalue weighted by atomic mass is 9.70. The first-order valence-corrected chi connectivity index (χ1v) is 12.5. The first-order chi connectivity index (χ1) is 16.0. The zero-order valence-corrected chi connectivity index (χ0v) is 20.7. The van der Waals surface area contributed by atoms with Gasteiger partial charge in [0.2, 0.25) is 0 Å². The van der Waals surface area contributed by atoms with Crippen molar-refractivity contribution in [1.82, 2.24) is 0 Å². The molecule has 2 fully saturated rings. The monoisotopic (exact) mass is 449 g/mol. The number of hydrogen-bond acceptors (Lipinski definition) is 4. The van der Waals surface area contributed by atoms with E-state index in [1.165, 1.54) is 83.0 Å². The topological polar surface area (TPSA) is 36.9 Å². The lowest BCUT2D eigenvalue weighted by Crippen LogP contribution is -2.26. The van der Waals surface area contributed by atoms with Gasteiger partial charge in [-0.15, -0.1) is 0 Å². The van der Waals surface area contributed by atoms with E-state index in [9.17, 15) is 0 Å². The summed E-state index contributed by atoms with van der Waals surface area (Å²) in [5, 5.41) is 0. The Hall–Kier alpha value is -2.30. The summed E-state index contributed by atoms with van der Waals surface area (Å²) in [5.74, 6) is 3.41. The maximum Gasteiger partial charge on any atom is 0.658 e. The molecule has 33 heavy (non-hydrogen) atoms. The summed E-state index contributed by atoms with van der Waals surface area (Å²) in [6, 6.07) is 12.1. The van der Waals surface area contributed by atoms with Crippen molar-refractivity contribution in [1.29, 1.82) is 0 Å². The van der Waals surface area contributed by atoms with E-state index in [2.05, 4.69) is 26.0 Å². The first-order valence-electron chi connectivity index (χ1n) is 12.5. The van der Waals surface area contributed by atoms with E-state index in [-0.39, 0.29) is 10.8 Å². The van der Waals surface area contributed by atoms with Gasteiger partial charge in [0.25, 0.3) is 0 Å². The molecule has 2 aromatic carbocycles. The number of hydrogen-bond donors (Lipinski definition) is 0. The van der Waals surface area contributed by atoms with Crippen LogP contribution in [0.3, 0.4) is 0 Å². The molecule has 2 saturated carbocycles. The average molecular weight is 449 g/mol. The van der Waals surface area contributed by atoms with Crippen molar-refractivity contribution in [3.63, 3.8) is 0 Å². The predicted molar refractivity (Wildman–Crippen MR) is 134 cm³/mol. The van der Waals surface area contributed by atoms with E-state index in [0.29, 0.717) is 0 Å². The average Bonchev–Trinajstić information content (AvgIpc) is 2.85. The predicted octanol–water partition coefficient (Wildman–Crippen LogP) is 7.14. The quantitative estimate of drug-likeness (QED) is 0.402. The second-order valence-corrected chi connectivity index (χ2v) is 10.3. The highest BCUT2D eigenvalue weighted by Gasteiger charge is 2.33. The molecule has 0 spiro atoms. The highest BCUT2D eigenvalue weighted by molar-refractivity contribution is 6.20. The summed E-state index contributed by atoms with van der Waals surface area (Å²) in [6.45, 7) is 4.69. The van der Waals surface area contributed by atoms with Crippen molar-refractivity contribution in [2.75, 3.05) is 14.2 Å². The summed E-state index contributed by atoms with van der Waals surface area (Å²) in [5.41, 5.74) is 2.72. The van der Waals surface area contributed by atoms with Crippen LogP contribution < -0.4 is 18.8 Å². The van der Waals surface area contributed by atoms with Crippen LogP contribution in [-0.2, 0) is 10.8 Å². The van der Waals surface area contributed by atoms with Crippen molar-refractivity contribution in [3.8, 4) is 23.0 Å². The van der Waals surface area contributed by atoms with Crippen LogP contribution in [0.5, 0.6) is 23.0 Å². The molecular formula is C28H38BO4. The molecule has 2 aromatic rings. The van der Waals surface area contributed by atoms with Crippen molar-refractivity contribution in [2.24, 2.45) is 0 Å². The fourth-order valence-electron chi connectivity index (χ4n) is 5.80. The molecule has 1 radical (unpaired) electrons. The van der Waals surface area contributed by atoms with Gasteiger partial charge in [-0.2, -0.15) is 0 Å². The van der Waals surface area contributed by atoms with Crippen LogP contribution in [-0.4, -0.2) is 21.9 Å². The van der Waals surface area contributed by atoms with Gasteiger partial charge in [0, 0.05) is 11.1 Å². The summed E-state index contributed by atoms with van der Waals surface area (Å²) in [4.78, 5) is 0. The highest BCUT2D eigenvalue weighted by Crippen LogP contribution is 2.45. The lowest BCUT2D eigenvalue weighted by Gasteiger charge is -2.35. The van der Waals surface area contributed by atoms with Gasteiger partial charge in [0.1, 0.15) is 23.0 Å². The molecule has 0 saturated heterocycles. The molecule has 5 heteroatoms. The maximum atomic E-state index is 5.92. The lowest BCUT2D eigenvalue weighted by molar-refractivity contribution is 0.302. The standard InChI is InChI=1S/C28H38BO4/c1-27(15-7-5-8-16-27)23-19-21(11-13-25(23)30-3)32-29-33-22-12-14-26(31-4)24(20-22)28(2)17-9-6-10-18-28/h11-14,19-20H,5-10,15-18H2,1-4H3. The molecule has 0 amide bonds. The van der Waals surface area contributed by atoms with Crippen molar-refractivity contribution in [3.05, 3.63) is 47.5 Å². The van der Waals surface area contributed by atoms with Gasteiger partial charge in [-0.05, 0) is 72.9 Å². The zero-order valence-electron chi connectivity index (χ0n) is 20.7. The van der Waals surface area contributed by atoms with Crippen LogP contribution in [0.4, 0.5) is 0 Å². The molecule has 4 rings (SSSR count). The number of ether oxygens (including phenoxy) is 2. The Morgan fingerprint density at radius 2 is 1.00 bits per heavy atom. The third-order valence-electron chi connectivity index (χ3n) is 7.92. The highest BCUT2D eigenvalue weighted by atomic mass is 16.6. The van der Waals surface area contributed by atoms with Gasteiger partial charge in [-0.25, -0.2) is 0 Å². The molecule has 2 aliphatic rings. The van der Waals surface area contributed by atoms with Crippen molar-refractivity contribution < 1.29 is 18.8 Å². The van der Waals surface area contributed by atoms with E-state index in [1.54, 1.807) is 14.2 Å². The maximum absolute atomic E-state index is 5.92. The number of rotatable bonds is 8. The van der Waals surface area contributed by atoms with Crippen LogP contribution in [0, 0.1) is 0 Å². The Morgan fingerprint density at radius 3 is 1.36 bits per heavy atom. The minimum absolute atomic E-state index is 0.129. The third-order valence-corrected chi connectivity index (χ3v) is 7.92. The second kappa shape index (κ2) is 10.3. The molecule has 2 aliphatic carbocycles. The molecule has 0 unspecified atom stereocenters. The summed E-state index contributed by atoms with van der Waals surface area (Å²) in [7, 11) is 4.92. The fraction of sp³-hybridized carbons (Fsp3) is 0.571. The smallest absolute Gasteiger partial charge is 0.526 e. The van der Waals surface area contributed by atoms with Gasteiger partial charge in [-0.1, -0.05) is 52.4 Å². The molecule has 0 bridgehead atoms. The first kappa shape index (κ1) is 23.8. The van der Waals surface area contributed by atoms with Crippen LogP contribution in [0.1, 0.15) is 89.2 Å². The van der Waals surface area contributed by atoms with Gasteiger partial charge in [0.05, 0.1) is 14.2 Å². The van der Waals surface area contributed by atoms with Crippen LogP contribution in [0.25, 0.3) is 0 Å². The van der Waals surface area contributed by atoms with Crippen molar-refractivity contribution in [2.45, 2.75) is 88.9 Å². The Morgan fingerprint density at radius 1 is 0.606 bits per heavy atom. The van der Waals surface area contributed by atoms with Gasteiger partial charge < -0.3 is 18.8 Å². The Kier molecular flexibility index (Phi) is 7.46. The molecule has 0 heterocycles. The molecule has 4 nitrogen and oxygen atoms in total. The van der Waals surface area contributed by atoms with Gasteiger partial charge in [0.15, 0.2) is 0 Å². The summed E-state index contributed by atoms with van der Waals surface area (Å²) >= 11 is 0. The normalized spacial score (nSPS) is 19.4. The van der Waals surface area contributed by atoms with E-state index < -0.39 is 0 Å². The van der Waals surface area contributed by atoms with E-state index in [0.717, 1.165) is 23.0 Å². The second-order valence-electron chi connectivity index (χ2n) is 10.3. The van der Waals surface area contributed by atoms with Crippen LogP contribution >= 0.6 is 0 Å². The molecule has 0 atom stereocenters. The van der Waals surface area contributed by atoms with E-state index in [1.807, 2.05) is 24.3 Å². The molecule has 0 aromatic heterocycles. The van der Waals surface area contributed by atoms with E-state index >= 15 is 0 Å². The molecular weight excluding hydrogens is 411 g/mol. The van der Waals surface area contributed by atoms with Crippen LogP contribution in [0.15, 0.2) is 36.4 Å². The van der Waals surface area contributed by atoms with E-state index in [4.69, 9.17) is 18.8 Å². The largest absolute Gasteiger partial charge is 0.658 e. The van der Waals surface area contributed by atoms with Gasteiger partial charge in [-0.3, -0.25) is 0 Å². The zero-order chi connectivity index (χ0) is 23.3. The summed E-state index contributed by atoms with van der Waals surface area (Å²) in [6.07, 6.45) is 12.4. The number of methoxy groups -OCH3 is 2. The summed E-state index contributed by atoms with van der Waals surface area (Å²) < 4.78 is 23.2. The Balaban J connectivity index is 1.46. The molecule has 0 N–H and O–H groups in total.